The van der Waals surface area contributed by atoms with E-state index in [1.54, 1.807) is 6.07 Å². The van der Waals surface area contributed by atoms with Crippen molar-refractivity contribution in [2.75, 3.05) is 13.1 Å². The van der Waals surface area contributed by atoms with E-state index in [1.165, 1.54) is 30.6 Å². The number of hydrogen-bond acceptors (Lipinski definition) is 3. The van der Waals surface area contributed by atoms with Crippen LogP contribution in [-0.2, 0) is 16.0 Å². The Kier molecular flexibility index (Phi) is 5.79. The van der Waals surface area contributed by atoms with Crippen LogP contribution in [0.4, 0.5) is 0 Å². The highest BCUT2D eigenvalue weighted by molar-refractivity contribution is 6.06. The Hall–Kier alpha value is -2.17. The average Bonchev–Trinajstić information content (AvgIpc) is 2.73. The molecular weight excluding hydrogens is 352 g/mol. The summed E-state index contributed by atoms with van der Waals surface area (Å²) in [5, 5.41) is 0. The number of piperidine rings is 1. The fraction of sp³-hybridized carbons (Fsp3) is 0.609. The van der Waals surface area contributed by atoms with E-state index in [0.29, 0.717) is 43.3 Å². The van der Waals surface area contributed by atoms with Crippen LogP contribution in [0.25, 0.3) is 0 Å². The molecule has 0 bridgehead atoms. The van der Waals surface area contributed by atoms with Gasteiger partial charge in [0, 0.05) is 37.5 Å². The number of imide groups is 1. The van der Waals surface area contributed by atoms with E-state index in [1.807, 2.05) is 18.2 Å². The number of amides is 3. The Labute approximate surface area is 167 Å². The second-order valence-electron chi connectivity index (χ2n) is 8.45. The van der Waals surface area contributed by atoms with Gasteiger partial charge in [-0.05, 0) is 56.1 Å². The zero-order valence-electron chi connectivity index (χ0n) is 16.6. The molecule has 2 atom stereocenters. The molecule has 0 radical (unpaired) electrons. The Balaban J connectivity index is 1.28. The van der Waals surface area contributed by atoms with Gasteiger partial charge in [0.15, 0.2) is 0 Å². The largest absolute Gasteiger partial charge is 0.339 e. The van der Waals surface area contributed by atoms with Crippen LogP contribution in [0.15, 0.2) is 24.3 Å². The second kappa shape index (κ2) is 8.46. The van der Waals surface area contributed by atoms with Gasteiger partial charge in [0.2, 0.25) is 11.8 Å². The summed E-state index contributed by atoms with van der Waals surface area (Å²) >= 11 is 0. The number of likely N-dealkylation sites (tertiary alicyclic amines) is 1. The predicted octanol–water partition coefficient (Wildman–Crippen LogP) is 3.56. The summed E-state index contributed by atoms with van der Waals surface area (Å²) in [5.41, 5.74) is 1.65. The van der Waals surface area contributed by atoms with Crippen LogP contribution in [0.3, 0.4) is 0 Å². The number of hydrogen-bond donors (Lipinski definition) is 0. The van der Waals surface area contributed by atoms with Crippen molar-refractivity contribution in [3.8, 4) is 0 Å². The van der Waals surface area contributed by atoms with E-state index in [-0.39, 0.29) is 24.1 Å². The van der Waals surface area contributed by atoms with Crippen LogP contribution < -0.4 is 0 Å². The van der Waals surface area contributed by atoms with Gasteiger partial charge in [0.1, 0.15) is 0 Å². The zero-order chi connectivity index (χ0) is 19.5. The van der Waals surface area contributed by atoms with Crippen molar-refractivity contribution in [1.82, 2.24) is 9.80 Å². The quantitative estimate of drug-likeness (QED) is 0.800. The summed E-state index contributed by atoms with van der Waals surface area (Å²) in [6.45, 7) is 1.31. The molecule has 4 rings (SSSR count). The molecule has 5 nitrogen and oxygen atoms in total. The maximum Gasteiger partial charge on any atom is 0.260 e. The molecular formula is C23H30N2O3. The monoisotopic (exact) mass is 382 g/mol. The smallest absolute Gasteiger partial charge is 0.260 e. The number of benzene rings is 1. The Morgan fingerprint density at radius 2 is 1.68 bits per heavy atom. The minimum absolute atomic E-state index is 0.151. The van der Waals surface area contributed by atoms with Crippen LogP contribution in [0.2, 0.25) is 0 Å². The van der Waals surface area contributed by atoms with Crippen molar-refractivity contribution in [3.63, 3.8) is 0 Å². The lowest BCUT2D eigenvalue weighted by atomic mass is 9.78. The normalized spacial score (nSPS) is 24.5. The van der Waals surface area contributed by atoms with Crippen molar-refractivity contribution in [1.29, 1.82) is 0 Å². The number of nitrogens with zero attached hydrogens (tertiary/aromatic N) is 2. The molecule has 1 aromatic carbocycles. The minimum atomic E-state index is -0.195. The molecule has 150 valence electrons. The van der Waals surface area contributed by atoms with Gasteiger partial charge in [-0.15, -0.1) is 0 Å². The van der Waals surface area contributed by atoms with Gasteiger partial charge in [0.25, 0.3) is 5.91 Å². The van der Waals surface area contributed by atoms with E-state index in [4.69, 9.17) is 0 Å². The van der Waals surface area contributed by atoms with Gasteiger partial charge in [0.05, 0.1) is 0 Å². The highest BCUT2D eigenvalue weighted by Gasteiger charge is 2.35. The van der Waals surface area contributed by atoms with E-state index >= 15 is 0 Å². The maximum absolute atomic E-state index is 12.8. The van der Waals surface area contributed by atoms with E-state index in [2.05, 4.69) is 4.90 Å². The van der Waals surface area contributed by atoms with Crippen LogP contribution in [0, 0.1) is 5.92 Å². The van der Waals surface area contributed by atoms with Gasteiger partial charge >= 0.3 is 0 Å². The van der Waals surface area contributed by atoms with Crippen molar-refractivity contribution >= 4 is 17.7 Å². The molecule has 1 saturated carbocycles. The standard InChI is InChI=1S/C23H30N2O3/c26-21(24-15-6-9-18-8-2-4-11-20(18)24)12-5-13-22(27)25-16-14-17-7-1-3-10-19(17)23(25)28/h1,3,7,10,18,20H,2,4-6,8-9,11-16H2. The highest BCUT2D eigenvalue weighted by atomic mass is 16.2. The van der Waals surface area contributed by atoms with E-state index in [0.717, 1.165) is 24.9 Å². The Morgan fingerprint density at radius 3 is 2.57 bits per heavy atom. The second-order valence-corrected chi connectivity index (χ2v) is 8.45. The molecule has 0 spiro atoms. The zero-order valence-corrected chi connectivity index (χ0v) is 16.6. The average molecular weight is 383 g/mol. The molecule has 0 aromatic heterocycles. The van der Waals surface area contributed by atoms with Gasteiger partial charge in [-0.3, -0.25) is 19.3 Å². The third-order valence-electron chi connectivity index (χ3n) is 6.74. The molecule has 5 heteroatoms. The van der Waals surface area contributed by atoms with Gasteiger partial charge in [-0.1, -0.05) is 31.0 Å². The molecule has 2 unspecified atom stereocenters. The number of carbonyl (C=O) groups is 3. The summed E-state index contributed by atoms with van der Waals surface area (Å²) in [6.07, 6.45) is 9.18. The molecule has 2 heterocycles. The molecule has 1 aromatic rings. The van der Waals surface area contributed by atoms with Crippen LogP contribution in [-0.4, -0.2) is 46.7 Å². The van der Waals surface area contributed by atoms with E-state index in [9.17, 15) is 14.4 Å². The molecule has 2 aliphatic heterocycles. The fourth-order valence-corrected chi connectivity index (χ4v) is 5.27. The lowest BCUT2D eigenvalue weighted by Crippen LogP contribution is -2.49. The lowest BCUT2D eigenvalue weighted by molar-refractivity contribution is -0.137. The molecule has 3 amide bonds. The van der Waals surface area contributed by atoms with Crippen molar-refractivity contribution in [2.45, 2.75) is 70.3 Å². The number of rotatable bonds is 4. The Morgan fingerprint density at radius 1 is 0.929 bits per heavy atom. The summed E-state index contributed by atoms with van der Waals surface area (Å²) < 4.78 is 0. The van der Waals surface area contributed by atoms with Crippen molar-refractivity contribution in [2.24, 2.45) is 5.92 Å². The first-order chi connectivity index (χ1) is 13.6. The van der Waals surface area contributed by atoms with Crippen LogP contribution in [0.5, 0.6) is 0 Å². The molecule has 1 aliphatic carbocycles. The summed E-state index contributed by atoms with van der Waals surface area (Å²) in [7, 11) is 0. The van der Waals surface area contributed by atoms with Crippen LogP contribution >= 0.6 is 0 Å². The molecule has 0 N–H and O–H groups in total. The van der Waals surface area contributed by atoms with Gasteiger partial charge in [-0.2, -0.15) is 0 Å². The summed E-state index contributed by atoms with van der Waals surface area (Å²) in [6, 6.07) is 7.92. The molecule has 28 heavy (non-hydrogen) atoms. The van der Waals surface area contributed by atoms with Gasteiger partial charge < -0.3 is 4.90 Å². The highest BCUT2D eigenvalue weighted by Crippen LogP contribution is 2.35. The van der Waals surface area contributed by atoms with E-state index < -0.39 is 0 Å². The third kappa shape index (κ3) is 3.85. The third-order valence-corrected chi connectivity index (χ3v) is 6.74. The first kappa shape index (κ1) is 19.2. The van der Waals surface area contributed by atoms with Crippen LogP contribution in [0.1, 0.15) is 73.7 Å². The van der Waals surface area contributed by atoms with Gasteiger partial charge in [-0.25, -0.2) is 0 Å². The molecule has 2 fully saturated rings. The SMILES string of the molecule is O=C(CCCC(=O)N1CCCC2CCCCC21)N1CCc2ccccc2C1=O. The van der Waals surface area contributed by atoms with Crippen molar-refractivity contribution in [3.05, 3.63) is 35.4 Å². The molecule has 1 saturated heterocycles. The first-order valence-corrected chi connectivity index (χ1v) is 10.9. The Bertz CT molecular complexity index is 758. The first-order valence-electron chi connectivity index (χ1n) is 10.9. The lowest BCUT2D eigenvalue weighted by Gasteiger charge is -2.44. The fourth-order valence-electron chi connectivity index (χ4n) is 5.27. The predicted molar refractivity (Wildman–Crippen MR) is 107 cm³/mol. The number of fused-ring (bicyclic) bond motifs is 2. The topological polar surface area (TPSA) is 57.7 Å². The number of carbonyl (C=O) groups excluding carboxylic acids is 3. The van der Waals surface area contributed by atoms with Crippen molar-refractivity contribution < 1.29 is 14.4 Å². The summed E-state index contributed by atoms with van der Waals surface area (Å²) in [4.78, 5) is 41.4. The summed E-state index contributed by atoms with van der Waals surface area (Å²) in [5.74, 6) is 0.527. The maximum atomic E-state index is 12.8. The molecule has 3 aliphatic rings. The minimum Gasteiger partial charge on any atom is -0.339 e.